The lowest BCUT2D eigenvalue weighted by Gasteiger charge is -2.29. The Morgan fingerprint density at radius 2 is 1.67 bits per heavy atom. The van der Waals surface area contributed by atoms with Gasteiger partial charge in [-0.2, -0.15) is 0 Å². The van der Waals surface area contributed by atoms with Crippen molar-refractivity contribution in [2.24, 2.45) is 0 Å². The molecule has 7 heteroatoms. The van der Waals surface area contributed by atoms with Gasteiger partial charge in [-0.1, -0.05) is 17.7 Å². The summed E-state index contributed by atoms with van der Waals surface area (Å²) in [4.78, 5) is 11.4. The lowest BCUT2D eigenvalue weighted by atomic mass is 9.97. The van der Waals surface area contributed by atoms with Gasteiger partial charge in [0.1, 0.15) is 17.1 Å². The number of ether oxygens (including phenoxy) is 1. The van der Waals surface area contributed by atoms with Crippen molar-refractivity contribution in [1.82, 2.24) is 0 Å². The van der Waals surface area contributed by atoms with Crippen molar-refractivity contribution in [3.05, 3.63) is 53.6 Å². The second-order valence-corrected chi connectivity index (χ2v) is 9.09. The average Bonchev–Trinajstić information content (AvgIpc) is 2.64. The second kappa shape index (κ2) is 7.60. The van der Waals surface area contributed by atoms with Gasteiger partial charge in [-0.15, -0.1) is 0 Å². The zero-order valence-electron chi connectivity index (χ0n) is 15.0. The minimum absolute atomic E-state index is 0.180. The van der Waals surface area contributed by atoms with Gasteiger partial charge in [0, 0.05) is 0 Å². The molecule has 1 fully saturated rings. The Kier molecular flexibility index (Phi) is 5.41. The van der Waals surface area contributed by atoms with Crippen molar-refractivity contribution < 1.29 is 28.2 Å². The molecule has 3 rings (SSSR count). The van der Waals surface area contributed by atoms with Crippen LogP contribution in [0.5, 0.6) is 11.5 Å². The maximum Gasteiger partial charge on any atom is 0.339 e. The molecule has 0 aromatic heterocycles. The zero-order valence-corrected chi connectivity index (χ0v) is 15.8. The van der Waals surface area contributed by atoms with E-state index in [0.29, 0.717) is 36.3 Å². The molecule has 1 saturated carbocycles. The highest BCUT2D eigenvalue weighted by Gasteiger charge is 2.32. The Bertz CT molecular complexity index is 925. The van der Waals surface area contributed by atoms with E-state index in [1.165, 1.54) is 18.2 Å². The first kappa shape index (κ1) is 19.2. The standard InChI is InChI=1S/C20H22O6S/c1-13-2-7-16(8-3-13)27(24,25)17-9-4-14(5-10-17)26-15-6-11-19(21)18(12-15)20(22)23/h2-3,6-8,11-12,14,17,21H,4-5,9-10H2,1H3,(H,22,23). The lowest BCUT2D eigenvalue weighted by Crippen LogP contribution is -2.31. The Morgan fingerprint density at radius 1 is 1.04 bits per heavy atom. The highest BCUT2D eigenvalue weighted by molar-refractivity contribution is 7.92. The summed E-state index contributed by atoms with van der Waals surface area (Å²) in [7, 11) is -3.36. The minimum atomic E-state index is -3.36. The summed E-state index contributed by atoms with van der Waals surface area (Å²) in [5, 5.41) is 18.2. The summed E-state index contributed by atoms with van der Waals surface area (Å²) >= 11 is 0. The van der Waals surface area contributed by atoms with Crippen LogP contribution in [0, 0.1) is 6.92 Å². The molecule has 2 N–H and O–H groups in total. The third-order valence-electron chi connectivity index (χ3n) is 4.91. The number of aromatic carboxylic acids is 1. The summed E-state index contributed by atoms with van der Waals surface area (Å²) in [6.45, 7) is 1.91. The third-order valence-corrected chi connectivity index (χ3v) is 7.19. The quantitative estimate of drug-likeness (QED) is 0.809. The van der Waals surface area contributed by atoms with E-state index in [2.05, 4.69) is 0 Å². The van der Waals surface area contributed by atoms with Crippen LogP contribution in [0.1, 0.15) is 41.6 Å². The number of carboxylic acid groups (broad SMARTS) is 1. The molecular formula is C20H22O6S. The number of carbonyl (C=O) groups is 1. The van der Waals surface area contributed by atoms with Crippen LogP contribution in [0.15, 0.2) is 47.4 Å². The normalized spacial score (nSPS) is 20.2. The van der Waals surface area contributed by atoms with Crippen molar-refractivity contribution in [2.45, 2.75) is 48.9 Å². The zero-order chi connectivity index (χ0) is 19.6. The van der Waals surface area contributed by atoms with Gasteiger partial charge in [-0.3, -0.25) is 0 Å². The lowest BCUT2D eigenvalue weighted by molar-refractivity contribution is 0.0692. The maximum absolute atomic E-state index is 12.8. The fourth-order valence-corrected chi connectivity index (χ4v) is 5.13. The van der Waals surface area contributed by atoms with E-state index < -0.39 is 21.1 Å². The van der Waals surface area contributed by atoms with Crippen LogP contribution in [-0.2, 0) is 9.84 Å². The van der Waals surface area contributed by atoms with Crippen molar-refractivity contribution in [3.63, 3.8) is 0 Å². The summed E-state index contributed by atoms with van der Waals surface area (Å²) < 4.78 is 31.4. The number of benzene rings is 2. The molecule has 144 valence electrons. The number of aromatic hydroxyl groups is 1. The predicted octanol–water partition coefficient (Wildman–Crippen LogP) is 3.56. The molecule has 27 heavy (non-hydrogen) atoms. The number of carboxylic acids is 1. The Balaban J connectivity index is 1.64. The van der Waals surface area contributed by atoms with E-state index in [4.69, 9.17) is 9.84 Å². The van der Waals surface area contributed by atoms with Gasteiger partial charge in [-0.05, 0) is 62.9 Å². The van der Waals surface area contributed by atoms with E-state index in [-0.39, 0.29) is 17.4 Å². The first-order valence-electron chi connectivity index (χ1n) is 8.81. The van der Waals surface area contributed by atoms with Crippen LogP contribution in [0.2, 0.25) is 0 Å². The van der Waals surface area contributed by atoms with Crippen LogP contribution in [0.3, 0.4) is 0 Å². The van der Waals surface area contributed by atoms with Crippen LogP contribution in [-0.4, -0.2) is 36.0 Å². The predicted molar refractivity (Wildman–Crippen MR) is 100 cm³/mol. The molecule has 0 heterocycles. The summed E-state index contributed by atoms with van der Waals surface area (Å²) in [5.41, 5.74) is 0.795. The van der Waals surface area contributed by atoms with Gasteiger partial charge in [-0.25, -0.2) is 13.2 Å². The van der Waals surface area contributed by atoms with E-state index >= 15 is 0 Å². The summed E-state index contributed by atoms with van der Waals surface area (Å²) in [5.74, 6) is -1.19. The maximum atomic E-state index is 12.8. The van der Waals surface area contributed by atoms with Crippen molar-refractivity contribution in [1.29, 1.82) is 0 Å². The molecule has 2 aromatic carbocycles. The molecule has 0 atom stereocenters. The highest BCUT2D eigenvalue weighted by atomic mass is 32.2. The molecule has 0 bridgehead atoms. The Labute approximate surface area is 158 Å². The van der Waals surface area contributed by atoms with Gasteiger partial charge >= 0.3 is 5.97 Å². The molecule has 1 aliphatic rings. The third kappa shape index (κ3) is 4.24. The minimum Gasteiger partial charge on any atom is -0.507 e. The fourth-order valence-electron chi connectivity index (χ4n) is 3.33. The molecule has 6 nitrogen and oxygen atoms in total. The van der Waals surface area contributed by atoms with Crippen LogP contribution in [0.4, 0.5) is 0 Å². The molecule has 0 spiro atoms. The van der Waals surface area contributed by atoms with E-state index in [0.717, 1.165) is 5.56 Å². The molecule has 0 unspecified atom stereocenters. The van der Waals surface area contributed by atoms with Crippen molar-refractivity contribution in [3.8, 4) is 11.5 Å². The van der Waals surface area contributed by atoms with E-state index in [1.807, 2.05) is 6.92 Å². The number of hydrogen-bond acceptors (Lipinski definition) is 5. The Hall–Kier alpha value is -2.54. The van der Waals surface area contributed by atoms with Gasteiger partial charge in [0.15, 0.2) is 9.84 Å². The summed E-state index contributed by atoms with van der Waals surface area (Å²) in [6, 6.07) is 11.0. The molecule has 0 saturated heterocycles. The van der Waals surface area contributed by atoms with Gasteiger partial charge in [0.2, 0.25) is 0 Å². The van der Waals surface area contributed by atoms with Gasteiger partial charge in [0.05, 0.1) is 16.2 Å². The highest BCUT2D eigenvalue weighted by Crippen LogP contribution is 2.32. The molecular weight excluding hydrogens is 368 g/mol. The molecule has 0 amide bonds. The van der Waals surface area contributed by atoms with Crippen LogP contribution < -0.4 is 4.74 Å². The van der Waals surface area contributed by atoms with Gasteiger partial charge < -0.3 is 14.9 Å². The van der Waals surface area contributed by atoms with E-state index in [9.17, 15) is 18.3 Å². The average molecular weight is 390 g/mol. The Morgan fingerprint density at radius 3 is 2.26 bits per heavy atom. The van der Waals surface area contributed by atoms with Gasteiger partial charge in [0.25, 0.3) is 0 Å². The van der Waals surface area contributed by atoms with Crippen molar-refractivity contribution in [2.75, 3.05) is 0 Å². The van der Waals surface area contributed by atoms with Crippen LogP contribution >= 0.6 is 0 Å². The first-order chi connectivity index (χ1) is 12.8. The SMILES string of the molecule is Cc1ccc(S(=O)(=O)C2CCC(Oc3ccc(O)c(C(=O)O)c3)CC2)cc1. The topological polar surface area (TPSA) is 101 Å². The van der Waals surface area contributed by atoms with Crippen molar-refractivity contribution >= 4 is 15.8 Å². The number of phenols is 1. The number of aryl methyl sites for hydroxylation is 1. The number of sulfone groups is 1. The number of rotatable bonds is 5. The van der Waals surface area contributed by atoms with E-state index in [1.54, 1.807) is 24.3 Å². The molecule has 0 radical (unpaired) electrons. The summed E-state index contributed by atoms with van der Waals surface area (Å²) in [6.07, 6.45) is 1.94. The second-order valence-electron chi connectivity index (χ2n) is 6.86. The largest absolute Gasteiger partial charge is 0.507 e. The fraction of sp³-hybridized carbons (Fsp3) is 0.350. The monoisotopic (exact) mass is 390 g/mol. The first-order valence-corrected chi connectivity index (χ1v) is 10.4. The molecule has 0 aliphatic heterocycles. The smallest absolute Gasteiger partial charge is 0.339 e. The van der Waals surface area contributed by atoms with Crippen LogP contribution in [0.25, 0.3) is 0 Å². The number of hydrogen-bond donors (Lipinski definition) is 2. The molecule has 2 aromatic rings. The molecule has 1 aliphatic carbocycles.